The van der Waals surface area contributed by atoms with Crippen LogP contribution in [0.5, 0.6) is 0 Å². The molecule has 0 unspecified atom stereocenters. The number of nitrogen functional groups attached to an aromatic ring is 1. The quantitative estimate of drug-likeness (QED) is 0.446. The van der Waals surface area contributed by atoms with Gasteiger partial charge in [0.05, 0.1) is 22.0 Å². The minimum Gasteiger partial charge on any atom is -0.337 e. The van der Waals surface area contributed by atoms with Crippen LogP contribution in [0.15, 0.2) is 18.2 Å². The fourth-order valence-corrected chi connectivity index (χ4v) is 3.31. The van der Waals surface area contributed by atoms with Crippen molar-refractivity contribution >= 4 is 27.1 Å². The Kier molecular flexibility index (Phi) is 4.09. The minimum atomic E-state index is -3.11. The van der Waals surface area contributed by atoms with Gasteiger partial charge < -0.3 is 10.3 Å². The van der Waals surface area contributed by atoms with Gasteiger partial charge in [-0.3, -0.25) is 20.8 Å². The molecule has 114 valence electrons. The molecule has 21 heavy (non-hydrogen) atoms. The van der Waals surface area contributed by atoms with Gasteiger partial charge in [0, 0.05) is 19.2 Å². The van der Waals surface area contributed by atoms with Gasteiger partial charge in [0.25, 0.3) is 11.6 Å². The van der Waals surface area contributed by atoms with E-state index in [0.717, 1.165) is 0 Å². The summed E-state index contributed by atoms with van der Waals surface area (Å²) in [6, 6.07) is 4.02. The van der Waals surface area contributed by atoms with Gasteiger partial charge in [-0.1, -0.05) is 6.07 Å². The molecular weight excluding hydrogens is 300 g/mol. The molecule has 1 heterocycles. The largest absolute Gasteiger partial charge is 0.337 e. The van der Waals surface area contributed by atoms with Crippen molar-refractivity contribution in [2.45, 2.75) is 0 Å². The first-order valence-electron chi connectivity index (χ1n) is 6.09. The Bertz CT molecular complexity index is 674. The highest BCUT2D eigenvalue weighted by Crippen LogP contribution is 2.28. The number of hydrogen-bond acceptors (Lipinski definition) is 7. The first kappa shape index (κ1) is 15.2. The lowest BCUT2D eigenvalue weighted by atomic mass is 10.1. The molecule has 2 rings (SSSR count). The van der Waals surface area contributed by atoms with E-state index in [-0.39, 0.29) is 41.5 Å². The topological polar surface area (TPSA) is 136 Å². The number of benzene rings is 1. The second kappa shape index (κ2) is 5.66. The first-order valence-corrected chi connectivity index (χ1v) is 7.91. The number of carbonyl (C=O) groups excluding carboxylic acids is 1. The number of nitrogens with two attached hydrogens (primary N) is 1. The first-order chi connectivity index (χ1) is 9.85. The van der Waals surface area contributed by atoms with Crippen LogP contribution in [-0.4, -0.2) is 48.7 Å². The molecule has 3 N–H and O–H groups in total. The number of carbonyl (C=O) groups is 1. The highest BCUT2D eigenvalue weighted by Gasteiger charge is 2.29. The molecule has 1 aliphatic heterocycles. The molecule has 1 amide bonds. The van der Waals surface area contributed by atoms with Crippen LogP contribution in [0.1, 0.15) is 10.4 Å². The second-order valence-electron chi connectivity index (χ2n) is 4.55. The maximum absolute atomic E-state index is 12.4. The van der Waals surface area contributed by atoms with Crippen molar-refractivity contribution in [3.8, 4) is 0 Å². The van der Waals surface area contributed by atoms with E-state index in [1.165, 1.54) is 23.1 Å². The summed E-state index contributed by atoms with van der Waals surface area (Å²) in [6.07, 6.45) is 0. The molecule has 1 aromatic carbocycles. The predicted molar refractivity (Wildman–Crippen MR) is 75.5 cm³/mol. The van der Waals surface area contributed by atoms with Crippen LogP contribution in [0.3, 0.4) is 0 Å². The zero-order chi connectivity index (χ0) is 15.6. The van der Waals surface area contributed by atoms with Gasteiger partial charge in [-0.05, 0) is 6.07 Å². The van der Waals surface area contributed by atoms with Crippen LogP contribution in [0.25, 0.3) is 0 Å². The summed E-state index contributed by atoms with van der Waals surface area (Å²) in [6.45, 7) is 0.127. The number of rotatable bonds is 3. The third-order valence-corrected chi connectivity index (χ3v) is 4.85. The average molecular weight is 314 g/mol. The van der Waals surface area contributed by atoms with Crippen LogP contribution < -0.4 is 11.3 Å². The lowest BCUT2D eigenvalue weighted by molar-refractivity contribution is -0.384. The lowest BCUT2D eigenvalue weighted by Crippen LogP contribution is -2.44. The van der Waals surface area contributed by atoms with Gasteiger partial charge >= 0.3 is 0 Å². The molecular formula is C11H14N4O5S. The SMILES string of the molecule is NNc1c(C(=O)N2CCS(=O)(=O)CC2)cccc1[N+](=O)[O-]. The molecule has 0 aliphatic carbocycles. The Balaban J connectivity index is 2.32. The number of sulfone groups is 1. The smallest absolute Gasteiger partial charge is 0.294 e. The van der Waals surface area contributed by atoms with Gasteiger partial charge in [-0.15, -0.1) is 0 Å². The highest BCUT2D eigenvalue weighted by atomic mass is 32.2. The van der Waals surface area contributed by atoms with Crippen LogP contribution in [0.2, 0.25) is 0 Å². The molecule has 1 aromatic rings. The summed E-state index contributed by atoms with van der Waals surface area (Å²) < 4.78 is 22.7. The maximum Gasteiger partial charge on any atom is 0.294 e. The van der Waals surface area contributed by atoms with Crippen LogP contribution in [0, 0.1) is 10.1 Å². The molecule has 0 atom stereocenters. The molecule has 10 heteroatoms. The summed E-state index contributed by atoms with van der Waals surface area (Å²) in [5, 5.41) is 10.9. The van der Waals surface area contributed by atoms with Crippen LogP contribution >= 0.6 is 0 Å². The molecule has 0 saturated carbocycles. The second-order valence-corrected chi connectivity index (χ2v) is 6.85. The Morgan fingerprint density at radius 1 is 1.33 bits per heavy atom. The fourth-order valence-electron chi connectivity index (χ4n) is 2.11. The van der Waals surface area contributed by atoms with E-state index in [9.17, 15) is 23.3 Å². The molecule has 1 fully saturated rings. The number of nitro benzene ring substituents is 1. The van der Waals surface area contributed by atoms with Crippen LogP contribution in [-0.2, 0) is 9.84 Å². The number of hydrazine groups is 1. The molecule has 1 aliphatic rings. The minimum absolute atomic E-state index is 0.0472. The fraction of sp³-hybridized carbons (Fsp3) is 0.364. The normalized spacial score (nSPS) is 17.3. The Morgan fingerprint density at radius 3 is 2.48 bits per heavy atom. The number of hydrogen-bond donors (Lipinski definition) is 2. The number of nitro groups is 1. The number of amides is 1. The number of anilines is 1. The predicted octanol–water partition coefficient (Wildman–Crippen LogP) is -0.249. The van der Waals surface area contributed by atoms with E-state index in [0.29, 0.717) is 0 Å². The van der Waals surface area contributed by atoms with Gasteiger partial charge in [0.2, 0.25) is 0 Å². The van der Waals surface area contributed by atoms with E-state index in [1.54, 1.807) is 0 Å². The van der Waals surface area contributed by atoms with Crippen molar-refractivity contribution in [3.63, 3.8) is 0 Å². The third-order valence-electron chi connectivity index (χ3n) is 3.25. The lowest BCUT2D eigenvalue weighted by Gasteiger charge is -2.27. The van der Waals surface area contributed by atoms with Gasteiger partial charge in [-0.25, -0.2) is 8.42 Å². The van der Waals surface area contributed by atoms with Gasteiger partial charge in [0.15, 0.2) is 9.84 Å². The van der Waals surface area contributed by atoms with E-state index in [2.05, 4.69) is 5.43 Å². The summed E-state index contributed by atoms with van der Waals surface area (Å²) >= 11 is 0. The summed E-state index contributed by atoms with van der Waals surface area (Å²) in [4.78, 5) is 24.0. The molecule has 0 spiro atoms. The summed E-state index contributed by atoms with van der Waals surface area (Å²) in [5.41, 5.74) is 1.83. The van der Waals surface area contributed by atoms with Gasteiger partial charge in [0.1, 0.15) is 5.69 Å². The average Bonchev–Trinajstić information content (AvgIpc) is 2.45. The zero-order valence-corrected chi connectivity index (χ0v) is 11.8. The van der Waals surface area contributed by atoms with Crippen molar-refractivity contribution in [3.05, 3.63) is 33.9 Å². The summed E-state index contributed by atoms with van der Waals surface area (Å²) in [5.74, 6) is 4.57. The summed E-state index contributed by atoms with van der Waals surface area (Å²) in [7, 11) is -3.11. The van der Waals surface area contributed by atoms with Crippen molar-refractivity contribution in [1.82, 2.24) is 4.90 Å². The van der Waals surface area contributed by atoms with Crippen molar-refractivity contribution in [1.29, 1.82) is 0 Å². The van der Waals surface area contributed by atoms with E-state index >= 15 is 0 Å². The van der Waals surface area contributed by atoms with Crippen molar-refractivity contribution in [2.75, 3.05) is 30.0 Å². The van der Waals surface area contributed by atoms with Gasteiger partial charge in [-0.2, -0.15) is 0 Å². The highest BCUT2D eigenvalue weighted by molar-refractivity contribution is 7.91. The molecule has 0 bridgehead atoms. The van der Waals surface area contributed by atoms with Crippen molar-refractivity contribution in [2.24, 2.45) is 5.84 Å². The maximum atomic E-state index is 12.4. The monoisotopic (exact) mass is 314 g/mol. The Hall–Kier alpha value is -2.20. The molecule has 1 saturated heterocycles. The van der Waals surface area contributed by atoms with Crippen LogP contribution in [0.4, 0.5) is 11.4 Å². The molecule has 0 aromatic heterocycles. The van der Waals surface area contributed by atoms with Crippen molar-refractivity contribution < 1.29 is 18.1 Å². The Morgan fingerprint density at radius 2 is 1.95 bits per heavy atom. The van der Waals surface area contributed by atoms with E-state index in [1.807, 2.05) is 0 Å². The van der Waals surface area contributed by atoms with E-state index in [4.69, 9.17) is 5.84 Å². The zero-order valence-electron chi connectivity index (χ0n) is 11.0. The number of nitrogens with zero attached hydrogens (tertiary/aromatic N) is 2. The third kappa shape index (κ3) is 3.11. The Labute approximate surface area is 120 Å². The number of para-hydroxylation sites is 1. The molecule has 0 radical (unpaired) electrons. The molecule has 9 nitrogen and oxygen atoms in total. The number of nitrogens with one attached hydrogen (secondary N) is 1. The standard InChI is InChI=1S/C11H14N4O5S/c12-13-10-8(2-1-3-9(10)15(17)18)11(16)14-4-6-21(19,20)7-5-14/h1-3,13H,4-7,12H2. The van der Waals surface area contributed by atoms with E-state index < -0.39 is 20.7 Å².